The number of pyridine rings is 1. The van der Waals surface area contributed by atoms with Crippen molar-refractivity contribution >= 4 is 33.7 Å². The summed E-state index contributed by atoms with van der Waals surface area (Å²) in [6.07, 6.45) is -1.12. The Morgan fingerprint density at radius 3 is 2.59 bits per heavy atom. The molecule has 0 atom stereocenters. The number of hydrogen-bond acceptors (Lipinski definition) is 5. The van der Waals surface area contributed by atoms with Crippen molar-refractivity contribution in [2.45, 2.75) is 0 Å². The van der Waals surface area contributed by atoms with Crippen LogP contribution in [0.25, 0.3) is 21.9 Å². The number of H-pyrrole nitrogens is 1. The summed E-state index contributed by atoms with van der Waals surface area (Å²) in [5.41, 5.74) is 1.90. The van der Waals surface area contributed by atoms with Crippen molar-refractivity contribution < 1.29 is 28.5 Å². The van der Waals surface area contributed by atoms with E-state index in [-0.39, 0.29) is 6.61 Å². The van der Waals surface area contributed by atoms with Gasteiger partial charge in [-0.2, -0.15) is 4.98 Å². The molecule has 9 heteroatoms. The molecular weight excluding hydrogens is 357 g/mol. The van der Waals surface area contributed by atoms with Crippen LogP contribution < -0.4 is 10.1 Å². The van der Waals surface area contributed by atoms with Crippen molar-refractivity contribution in [2.24, 2.45) is 0 Å². The van der Waals surface area contributed by atoms with Crippen molar-refractivity contribution in [3.8, 4) is 5.88 Å². The third-order valence-electron chi connectivity index (χ3n) is 3.75. The number of nitrogens with zero attached hydrogens (tertiary/aromatic N) is 1. The quantitative estimate of drug-likeness (QED) is 0.469. The Bertz CT molecular complexity index is 915. The zero-order chi connectivity index (χ0) is 19.1. The number of halogens is 1. The highest BCUT2D eigenvalue weighted by Crippen LogP contribution is 2.28. The van der Waals surface area contributed by atoms with Crippen molar-refractivity contribution in [1.29, 1.82) is 0 Å². The number of amides is 1. The molecule has 27 heavy (non-hydrogen) atoms. The molecule has 3 rings (SSSR count). The Kier molecular flexibility index (Phi) is 6.39. The summed E-state index contributed by atoms with van der Waals surface area (Å²) in [6.45, 7) is 1.02. The maximum Gasteiger partial charge on any atom is 0.409 e. The van der Waals surface area contributed by atoms with Gasteiger partial charge in [-0.05, 0) is 18.2 Å². The topological polar surface area (TPSA) is 106 Å². The minimum absolute atomic E-state index is 0.0855. The SMILES string of the molecule is O=C(O)Nc1ccc2c(c1)[nH]c1nc(OCCOCCOCCF)ccc12. The van der Waals surface area contributed by atoms with Gasteiger partial charge in [0.25, 0.3) is 0 Å². The number of ether oxygens (including phenoxy) is 3. The smallest absolute Gasteiger partial charge is 0.409 e. The Morgan fingerprint density at radius 1 is 1.07 bits per heavy atom. The van der Waals surface area contributed by atoms with E-state index in [1.807, 2.05) is 12.1 Å². The minimum atomic E-state index is -1.12. The van der Waals surface area contributed by atoms with Crippen LogP contribution in [0.1, 0.15) is 0 Å². The number of carbonyl (C=O) groups is 1. The highest BCUT2D eigenvalue weighted by molar-refractivity contribution is 6.07. The molecule has 2 aromatic heterocycles. The summed E-state index contributed by atoms with van der Waals surface area (Å²) < 4.78 is 27.7. The van der Waals surface area contributed by atoms with Crippen LogP contribution in [-0.2, 0) is 9.47 Å². The zero-order valence-corrected chi connectivity index (χ0v) is 14.5. The summed E-state index contributed by atoms with van der Waals surface area (Å²) >= 11 is 0. The van der Waals surface area contributed by atoms with E-state index in [0.29, 0.717) is 43.6 Å². The van der Waals surface area contributed by atoms with Crippen LogP contribution in [0.2, 0.25) is 0 Å². The van der Waals surface area contributed by atoms with Crippen molar-refractivity contribution in [3.05, 3.63) is 30.3 Å². The van der Waals surface area contributed by atoms with Crippen molar-refractivity contribution in [3.63, 3.8) is 0 Å². The lowest BCUT2D eigenvalue weighted by Crippen LogP contribution is -2.11. The first-order valence-corrected chi connectivity index (χ1v) is 8.44. The molecule has 8 nitrogen and oxygen atoms in total. The summed E-state index contributed by atoms with van der Waals surface area (Å²) in [7, 11) is 0. The molecule has 3 N–H and O–H groups in total. The Hall–Kier alpha value is -2.91. The van der Waals surface area contributed by atoms with E-state index >= 15 is 0 Å². The second kappa shape index (κ2) is 9.15. The average molecular weight is 377 g/mol. The first-order chi connectivity index (χ1) is 13.2. The molecule has 0 aliphatic rings. The van der Waals surface area contributed by atoms with Gasteiger partial charge in [0.15, 0.2) is 0 Å². The second-order valence-corrected chi connectivity index (χ2v) is 5.62. The first-order valence-electron chi connectivity index (χ1n) is 8.44. The van der Waals surface area contributed by atoms with Crippen LogP contribution in [0.3, 0.4) is 0 Å². The van der Waals surface area contributed by atoms with Gasteiger partial charge in [0.05, 0.1) is 26.4 Å². The van der Waals surface area contributed by atoms with Gasteiger partial charge in [0.2, 0.25) is 5.88 Å². The van der Waals surface area contributed by atoms with Crippen LogP contribution in [0.5, 0.6) is 5.88 Å². The molecule has 0 radical (unpaired) electrons. The molecule has 0 spiro atoms. The normalized spacial score (nSPS) is 11.1. The van der Waals surface area contributed by atoms with E-state index in [1.165, 1.54) is 0 Å². The van der Waals surface area contributed by atoms with Crippen LogP contribution in [0, 0.1) is 0 Å². The number of aromatic amines is 1. The molecule has 0 bridgehead atoms. The van der Waals surface area contributed by atoms with Crippen LogP contribution >= 0.6 is 0 Å². The summed E-state index contributed by atoms with van der Waals surface area (Å²) in [5, 5.41) is 13.0. The molecule has 0 unspecified atom stereocenters. The van der Waals surface area contributed by atoms with E-state index in [0.717, 1.165) is 16.3 Å². The monoisotopic (exact) mass is 377 g/mol. The molecule has 0 saturated carbocycles. The number of nitrogens with one attached hydrogen (secondary N) is 2. The number of benzene rings is 1. The van der Waals surface area contributed by atoms with Gasteiger partial charge in [0, 0.05) is 28.0 Å². The number of hydrogen-bond donors (Lipinski definition) is 3. The largest absolute Gasteiger partial charge is 0.475 e. The number of aromatic nitrogens is 2. The van der Waals surface area contributed by atoms with E-state index in [4.69, 9.17) is 19.3 Å². The lowest BCUT2D eigenvalue weighted by molar-refractivity contribution is 0.0321. The molecule has 1 aromatic carbocycles. The highest BCUT2D eigenvalue weighted by atomic mass is 19.1. The molecular formula is C18H20FN3O5. The molecule has 1 amide bonds. The Balaban J connectivity index is 1.58. The molecule has 0 aliphatic carbocycles. The fraction of sp³-hybridized carbons (Fsp3) is 0.333. The third-order valence-corrected chi connectivity index (χ3v) is 3.75. The van der Waals surface area contributed by atoms with E-state index in [9.17, 15) is 9.18 Å². The van der Waals surface area contributed by atoms with Gasteiger partial charge in [-0.25, -0.2) is 9.18 Å². The zero-order valence-electron chi connectivity index (χ0n) is 14.5. The standard InChI is InChI=1S/C18H20FN3O5/c19-5-6-25-7-8-26-9-10-27-16-4-3-14-13-2-1-12(20-18(23)24)11-15(13)21-17(14)22-16/h1-4,11,20H,5-10H2,(H,21,22)(H,23,24). The first kappa shape index (κ1) is 18.9. The van der Waals surface area contributed by atoms with Gasteiger partial charge < -0.3 is 24.3 Å². The van der Waals surface area contributed by atoms with Crippen LogP contribution in [-0.4, -0.2) is 60.9 Å². The fourth-order valence-corrected chi connectivity index (χ4v) is 2.63. The summed E-state index contributed by atoms with van der Waals surface area (Å²) in [5.74, 6) is 0.454. The van der Waals surface area contributed by atoms with Gasteiger partial charge in [-0.3, -0.25) is 5.32 Å². The molecule has 2 heterocycles. The van der Waals surface area contributed by atoms with Crippen molar-refractivity contribution in [2.75, 3.05) is 45.0 Å². The number of anilines is 1. The molecule has 0 saturated heterocycles. The maximum atomic E-state index is 11.8. The maximum absolute atomic E-state index is 11.8. The number of carboxylic acid groups (broad SMARTS) is 1. The third kappa shape index (κ3) is 5.05. The molecule has 144 valence electrons. The van der Waals surface area contributed by atoms with Crippen LogP contribution in [0.15, 0.2) is 30.3 Å². The van der Waals surface area contributed by atoms with Gasteiger partial charge in [0.1, 0.15) is 18.9 Å². The summed E-state index contributed by atoms with van der Waals surface area (Å²) in [6, 6.07) is 8.91. The summed E-state index contributed by atoms with van der Waals surface area (Å²) in [4.78, 5) is 18.3. The average Bonchev–Trinajstić information content (AvgIpc) is 3.00. The van der Waals surface area contributed by atoms with E-state index < -0.39 is 12.8 Å². The van der Waals surface area contributed by atoms with Gasteiger partial charge in [-0.1, -0.05) is 6.07 Å². The Labute approximate surface area is 154 Å². The number of rotatable bonds is 10. The predicted octanol–water partition coefficient (Wildman–Crippen LogP) is 3.19. The van der Waals surface area contributed by atoms with Gasteiger partial charge in [-0.15, -0.1) is 0 Å². The Morgan fingerprint density at radius 2 is 1.81 bits per heavy atom. The molecule has 3 aromatic rings. The minimum Gasteiger partial charge on any atom is -0.475 e. The van der Waals surface area contributed by atoms with E-state index in [2.05, 4.69) is 15.3 Å². The molecule has 0 fully saturated rings. The van der Waals surface area contributed by atoms with Crippen LogP contribution in [0.4, 0.5) is 14.9 Å². The lowest BCUT2D eigenvalue weighted by atomic mass is 10.2. The fourth-order valence-electron chi connectivity index (χ4n) is 2.63. The predicted molar refractivity (Wildman–Crippen MR) is 98.4 cm³/mol. The second-order valence-electron chi connectivity index (χ2n) is 5.62. The lowest BCUT2D eigenvalue weighted by Gasteiger charge is -2.06. The van der Waals surface area contributed by atoms with E-state index in [1.54, 1.807) is 18.2 Å². The highest BCUT2D eigenvalue weighted by Gasteiger charge is 2.08. The number of fused-ring (bicyclic) bond motifs is 3. The van der Waals surface area contributed by atoms with Gasteiger partial charge >= 0.3 is 6.09 Å². The number of alkyl halides is 1. The molecule has 0 aliphatic heterocycles. The van der Waals surface area contributed by atoms with Crippen molar-refractivity contribution in [1.82, 2.24) is 9.97 Å².